The van der Waals surface area contributed by atoms with Crippen molar-refractivity contribution in [2.45, 2.75) is 89.8 Å². The van der Waals surface area contributed by atoms with Crippen LogP contribution in [0.1, 0.15) is 109 Å². The first-order valence-corrected chi connectivity index (χ1v) is 20.2. The summed E-state index contributed by atoms with van der Waals surface area (Å²) in [5, 5.41) is 25.4. The summed E-state index contributed by atoms with van der Waals surface area (Å²) in [7, 11) is 2.28. The summed E-state index contributed by atoms with van der Waals surface area (Å²) < 4.78 is 104. The predicted molar refractivity (Wildman–Crippen MR) is 220 cm³/mol. The normalized spacial score (nSPS) is 16.8. The first-order valence-electron chi connectivity index (χ1n) is 20.2. The molecule has 2 aliphatic heterocycles. The number of aromatic hydroxyl groups is 2. The molecule has 66 heavy (non-hydrogen) atoms. The van der Waals surface area contributed by atoms with Gasteiger partial charge in [-0.15, -0.1) is 0 Å². The zero-order valence-electron chi connectivity index (χ0n) is 37.0. The molecule has 0 saturated carbocycles. The molecule has 0 aliphatic carbocycles. The SMILES string of the molecule is Cn1c(=O)c(C(=O)NCC(=O)OC(C)(C)C)c(O)c2cc([C@@H]3CCOC3)c(C(F)(F)F)nc21.Cn1c(=O)c(C(=O)NCC(=O)OC(C)(C)C)c(O)c2cc([C@H]3CCOC3)c(C(F)(F)F)nc21. The molecule has 0 radical (unpaired) electrons. The summed E-state index contributed by atoms with van der Waals surface area (Å²) in [5.41, 5.74) is -8.79. The van der Waals surface area contributed by atoms with E-state index in [4.69, 9.17) is 18.9 Å². The number of aryl methyl sites for hydroxylation is 2. The lowest BCUT2D eigenvalue weighted by molar-refractivity contribution is -0.154. The number of carbonyl (C=O) groups is 4. The van der Waals surface area contributed by atoms with Crippen LogP contribution in [0.4, 0.5) is 26.3 Å². The van der Waals surface area contributed by atoms with Crippen LogP contribution in [0, 0.1) is 0 Å². The average Bonchev–Trinajstić information content (AvgIpc) is 3.94. The van der Waals surface area contributed by atoms with Crippen molar-refractivity contribution in [3.05, 3.63) is 66.5 Å². The zero-order chi connectivity index (χ0) is 49.4. The van der Waals surface area contributed by atoms with E-state index in [0.717, 1.165) is 35.4 Å². The topological polar surface area (TPSA) is 239 Å². The molecule has 0 bridgehead atoms. The minimum absolute atomic E-state index is 0.0476. The van der Waals surface area contributed by atoms with Gasteiger partial charge in [-0.3, -0.25) is 37.9 Å². The van der Waals surface area contributed by atoms with E-state index in [2.05, 4.69) is 20.6 Å². The third-order valence-electron chi connectivity index (χ3n) is 10.1. The number of rotatable bonds is 8. The number of esters is 2. The number of hydrogen-bond acceptors (Lipinski definition) is 14. The standard InChI is InChI=1S/2C21H24F3N3O6/c2*1-20(2,3)33-13(28)8-25-18(30)14-15(29)12-7-11(10-5-6-32-9-10)16(21(22,23)24)26-17(12)27(4)19(14)31/h2*7,10,29H,5-6,8-9H2,1-4H3,(H,25,30)/t2*10-/m10/s1. The van der Waals surface area contributed by atoms with Gasteiger partial charge in [-0.25, -0.2) is 9.97 Å². The molecule has 0 unspecified atom stereocenters. The molecule has 4 aromatic heterocycles. The summed E-state index contributed by atoms with van der Waals surface area (Å²) in [5.74, 6) is -6.56. The second-order valence-electron chi connectivity index (χ2n) is 17.4. The van der Waals surface area contributed by atoms with Crippen LogP contribution >= 0.6 is 0 Å². The van der Waals surface area contributed by atoms with E-state index < -0.39 is 129 Å². The molecule has 2 atom stereocenters. The highest BCUT2D eigenvalue weighted by atomic mass is 19.4. The van der Waals surface area contributed by atoms with Crippen molar-refractivity contribution < 1.29 is 74.7 Å². The van der Waals surface area contributed by atoms with Crippen LogP contribution in [-0.4, -0.2) is 104 Å². The van der Waals surface area contributed by atoms with Gasteiger partial charge in [-0.2, -0.15) is 26.3 Å². The van der Waals surface area contributed by atoms with Crippen molar-refractivity contribution in [2.75, 3.05) is 39.5 Å². The van der Waals surface area contributed by atoms with E-state index in [1.807, 2.05) is 0 Å². The number of hydrogen-bond donors (Lipinski definition) is 4. The van der Waals surface area contributed by atoms with Gasteiger partial charge in [0.1, 0.15) is 69.6 Å². The maximum Gasteiger partial charge on any atom is 0.433 e. The molecule has 24 heteroatoms. The molecule has 6 rings (SSSR count). The van der Waals surface area contributed by atoms with E-state index in [-0.39, 0.29) is 48.3 Å². The summed E-state index contributed by atoms with van der Waals surface area (Å²) in [6.45, 7) is 9.28. The fourth-order valence-corrected chi connectivity index (χ4v) is 7.18. The molecular formula is C42H48F6N6O12. The largest absolute Gasteiger partial charge is 0.506 e. The average molecular weight is 943 g/mol. The Hall–Kier alpha value is -6.30. The van der Waals surface area contributed by atoms with Gasteiger partial charge in [0.2, 0.25) is 0 Å². The number of alkyl halides is 6. The van der Waals surface area contributed by atoms with Crippen LogP contribution in [0.15, 0.2) is 21.7 Å². The van der Waals surface area contributed by atoms with Crippen molar-refractivity contribution in [2.24, 2.45) is 14.1 Å². The van der Waals surface area contributed by atoms with Gasteiger partial charge in [-0.1, -0.05) is 0 Å². The Morgan fingerprint density at radius 2 is 1.00 bits per heavy atom. The zero-order valence-corrected chi connectivity index (χ0v) is 37.0. The fraction of sp³-hybridized carbons (Fsp3) is 0.524. The van der Waals surface area contributed by atoms with Crippen LogP contribution in [0.2, 0.25) is 0 Å². The lowest BCUT2D eigenvalue weighted by Crippen LogP contribution is -2.38. The van der Waals surface area contributed by atoms with Crippen molar-refractivity contribution in [1.29, 1.82) is 0 Å². The summed E-state index contributed by atoms with van der Waals surface area (Å²) in [6.07, 6.45) is -8.96. The minimum Gasteiger partial charge on any atom is -0.506 e. The number of fused-ring (bicyclic) bond motifs is 2. The molecule has 18 nitrogen and oxygen atoms in total. The number of halogens is 6. The number of nitrogens with zero attached hydrogens (tertiary/aromatic N) is 4. The highest BCUT2D eigenvalue weighted by Crippen LogP contribution is 2.41. The van der Waals surface area contributed by atoms with Crippen molar-refractivity contribution >= 4 is 45.8 Å². The van der Waals surface area contributed by atoms with Crippen LogP contribution in [-0.2, 0) is 55.0 Å². The summed E-state index contributed by atoms with van der Waals surface area (Å²) >= 11 is 0. The first-order chi connectivity index (χ1) is 30.4. The first kappa shape index (κ1) is 50.7. The number of aromatic nitrogens is 4. The number of ether oxygens (including phenoxy) is 4. The molecule has 2 fully saturated rings. The van der Waals surface area contributed by atoms with Crippen LogP contribution < -0.4 is 21.8 Å². The highest BCUT2D eigenvalue weighted by Gasteiger charge is 2.41. The van der Waals surface area contributed by atoms with Gasteiger partial charge in [0, 0.05) is 39.1 Å². The summed E-state index contributed by atoms with van der Waals surface area (Å²) in [6, 6.07) is 2.17. The monoisotopic (exact) mass is 942 g/mol. The minimum atomic E-state index is -4.80. The lowest BCUT2D eigenvalue weighted by Gasteiger charge is -2.20. The Balaban J connectivity index is 0.000000247. The van der Waals surface area contributed by atoms with Gasteiger partial charge in [0.05, 0.1) is 24.0 Å². The van der Waals surface area contributed by atoms with Crippen LogP contribution in [0.3, 0.4) is 0 Å². The lowest BCUT2D eigenvalue weighted by atomic mass is 9.95. The highest BCUT2D eigenvalue weighted by molar-refractivity contribution is 6.03. The van der Waals surface area contributed by atoms with Gasteiger partial charge < -0.3 is 39.8 Å². The molecule has 2 amide bonds. The second kappa shape index (κ2) is 18.9. The van der Waals surface area contributed by atoms with E-state index in [1.54, 1.807) is 41.5 Å². The molecule has 2 aliphatic rings. The van der Waals surface area contributed by atoms with Crippen molar-refractivity contribution in [1.82, 2.24) is 29.7 Å². The van der Waals surface area contributed by atoms with E-state index >= 15 is 0 Å². The number of amides is 2. The van der Waals surface area contributed by atoms with Crippen LogP contribution in [0.25, 0.3) is 22.1 Å². The quantitative estimate of drug-likeness (QED) is 0.141. The molecule has 360 valence electrons. The van der Waals surface area contributed by atoms with E-state index in [9.17, 15) is 65.3 Å². The molecule has 0 spiro atoms. The maximum absolute atomic E-state index is 13.7. The molecular weight excluding hydrogens is 894 g/mol. The molecule has 4 N–H and O–H groups in total. The van der Waals surface area contributed by atoms with Crippen molar-refractivity contribution in [3.63, 3.8) is 0 Å². The molecule has 2 saturated heterocycles. The number of pyridine rings is 4. The van der Waals surface area contributed by atoms with Crippen LogP contribution in [0.5, 0.6) is 11.5 Å². The van der Waals surface area contributed by atoms with Gasteiger partial charge in [-0.05, 0) is 77.6 Å². The molecule has 0 aromatic carbocycles. The van der Waals surface area contributed by atoms with E-state index in [0.29, 0.717) is 12.8 Å². The van der Waals surface area contributed by atoms with Crippen molar-refractivity contribution in [3.8, 4) is 11.5 Å². The second-order valence-corrected chi connectivity index (χ2v) is 17.4. The number of nitrogens with one attached hydrogen (secondary N) is 2. The Labute approximate surface area is 371 Å². The third-order valence-corrected chi connectivity index (χ3v) is 10.1. The summed E-state index contributed by atoms with van der Waals surface area (Å²) in [4.78, 5) is 81.6. The molecule has 4 aromatic rings. The van der Waals surface area contributed by atoms with Gasteiger partial charge in [0.15, 0.2) is 0 Å². The Bertz CT molecular complexity index is 2510. The third kappa shape index (κ3) is 11.4. The van der Waals surface area contributed by atoms with E-state index in [1.165, 1.54) is 0 Å². The Morgan fingerprint density at radius 3 is 1.27 bits per heavy atom. The fourth-order valence-electron chi connectivity index (χ4n) is 7.18. The predicted octanol–water partition coefficient (Wildman–Crippen LogP) is 4.47. The molecule has 6 heterocycles. The maximum atomic E-state index is 13.7. The Morgan fingerprint density at radius 1 is 0.667 bits per heavy atom. The Kier molecular flexibility index (Phi) is 14.5. The van der Waals surface area contributed by atoms with Gasteiger partial charge in [0.25, 0.3) is 22.9 Å². The number of carbonyl (C=O) groups excluding carboxylic acids is 4. The smallest absolute Gasteiger partial charge is 0.433 e. The van der Waals surface area contributed by atoms with Gasteiger partial charge >= 0.3 is 24.3 Å².